The number of amides is 1. The van der Waals surface area contributed by atoms with Crippen LogP contribution in [0, 0.1) is 11.3 Å². The van der Waals surface area contributed by atoms with Gasteiger partial charge in [0.15, 0.2) is 15.6 Å². The van der Waals surface area contributed by atoms with Gasteiger partial charge in [0.05, 0.1) is 27.8 Å². The smallest absolute Gasteiger partial charge is 0.254 e. The Morgan fingerprint density at radius 1 is 1.19 bits per heavy atom. The number of hydrogen-bond acceptors (Lipinski definition) is 6. The molecule has 0 spiro atoms. The molecule has 1 amide bonds. The normalized spacial score (nSPS) is 15.7. The minimum Gasteiger partial charge on any atom is -0.507 e. The quantitative estimate of drug-likeness (QED) is 0.509. The highest BCUT2D eigenvalue weighted by molar-refractivity contribution is 9.10. The number of rotatable bonds is 5. The molecule has 0 radical (unpaired) electrons. The minimum absolute atomic E-state index is 0.0307. The van der Waals surface area contributed by atoms with Crippen LogP contribution in [0.25, 0.3) is 0 Å². The molecule has 0 unspecified atom stereocenters. The van der Waals surface area contributed by atoms with Gasteiger partial charge in [0, 0.05) is 17.1 Å². The third-order valence-electron chi connectivity index (χ3n) is 5.81. The number of benzene rings is 2. The van der Waals surface area contributed by atoms with Crippen molar-refractivity contribution < 1.29 is 23.4 Å². The first-order valence-electron chi connectivity index (χ1n) is 9.95. The molecule has 0 aromatic heterocycles. The van der Waals surface area contributed by atoms with Gasteiger partial charge in [0.1, 0.15) is 10.6 Å². The summed E-state index contributed by atoms with van der Waals surface area (Å²) in [5.74, 6) is -2.38. The van der Waals surface area contributed by atoms with E-state index < -0.39 is 43.3 Å². The summed E-state index contributed by atoms with van der Waals surface area (Å²) in [5, 5.41) is 33.2. The van der Waals surface area contributed by atoms with Crippen molar-refractivity contribution in [3.8, 4) is 17.6 Å². The van der Waals surface area contributed by atoms with Gasteiger partial charge in [-0.15, -0.1) is 0 Å². The molecular weight excluding hydrogens is 520 g/mol. The van der Waals surface area contributed by atoms with Crippen LogP contribution in [0.3, 0.4) is 0 Å². The van der Waals surface area contributed by atoms with Crippen molar-refractivity contribution in [1.82, 2.24) is 5.32 Å². The number of sulfone groups is 1. The van der Waals surface area contributed by atoms with Crippen LogP contribution in [0.5, 0.6) is 11.5 Å². The van der Waals surface area contributed by atoms with E-state index in [1.807, 2.05) is 0 Å². The van der Waals surface area contributed by atoms with E-state index in [4.69, 9.17) is 11.6 Å². The molecule has 7 nitrogen and oxygen atoms in total. The number of nitrogens with zero attached hydrogens (tertiary/aromatic N) is 1. The number of aromatic hydroxyl groups is 2. The van der Waals surface area contributed by atoms with E-state index in [1.54, 1.807) is 0 Å². The third kappa shape index (κ3) is 4.58. The van der Waals surface area contributed by atoms with Crippen molar-refractivity contribution >= 4 is 43.3 Å². The van der Waals surface area contributed by atoms with Crippen LogP contribution in [0.15, 0.2) is 33.6 Å². The van der Waals surface area contributed by atoms with Crippen LogP contribution in [-0.4, -0.2) is 31.6 Å². The Hall–Kier alpha value is -2.28. The SMILES string of the molecule is CNC(=O)c1cc(C2(C#N)CCCCC2)cc(CS(=O)(=O)c2cc(Br)cc(Cl)c2O)c1O. The van der Waals surface area contributed by atoms with Crippen LogP contribution < -0.4 is 5.32 Å². The maximum absolute atomic E-state index is 13.2. The van der Waals surface area contributed by atoms with E-state index in [-0.39, 0.29) is 16.1 Å². The van der Waals surface area contributed by atoms with Crippen molar-refractivity contribution in [2.75, 3.05) is 7.05 Å². The average Bonchev–Trinajstić information content (AvgIpc) is 2.77. The van der Waals surface area contributed by atoms with Gasteiger partial charge in [0.25, 0.3) is 5.91 Å². The Balaban J connectivity index is 2.18. The molecule has 0 atom stereocenters. The molecule has 1 aliphatic rings. The Morgan fingerprint density at radius 3 is 2.44 bits per heavy atom. The molecule has 3 N–H and O–H groups in total. The summed E-state index contributed by atoms with van der Waals surface area (Å²) in [6, 6.07) is 7.87. The van der Waals surface area contributed by atoms with Gasteiger partial charge in [0.2, 0.25) is 0 Å². The lowest BCUT2D eigenvalue weighted by molar-refractivity contribution is 0.0960. The van der Waals surface area contributed by atoms with Crippen molar-refractivity contribution in [3.63, 3.8) is 0 Å². The Kier molecular flexibility index (Phi) is 7.08. The lowest BCUT2D eigenvalue weighted by Crippen LogP contribution is -2.28. The molecule has 10 heteroatoms. The van der Waals surface area contributed by atoms with Crippen molar-refractivity contribution in [3.05, 3.63) is 50.5 Å². The van der Waals surface area contributed by atoms with Crippen molar-refractivity contribution in [2.45, 2.75) is 48.2 Å². The monoisotopic (exact) mass is 540 g/mol. The van der Waals surface area contributed by atoms with Crippen LogP contribution >= 0.6 is 27.5 Å². The van der Waals surface area contributed by atoms with Gasteiger partial charge >= 0.3 is 0 Å². The third-order valence-corrected chi connectivity index (χ3v) is 8.23. The molecule has 2 aromatic carbocycles. The van der Waals surface area contributed by atoms with E-state index >= 15 is 0 Å². The summed E-state index contributed by atoms with van der Waals surface area (Å²) < 4.78 is 26.7. The molecule has 170 valence electrons. The van der Waals surface area contributed by atoms with E-state index in [9.17, 15) is 28.7 Å². The number of nitriles is 1. The summed E-state index contributed by atoms with van der Waals surface area (Å²) >= 11 is 9.09. The molecule has 1 fully saturated rings. The molecule has 1 saturated carbocycles. The summed E-state index contributed by atoms with van der Waals surface area (Å²) in [4.78, 5) is 12.0. The summed E-state index contributed by atoms with van der Waals surface area (Å²) in [6.07, 6.45) is 3.82. The molecule has 0 heterocycles. The average molecular weight is 542 g/mol. The molecule has 2 aromatic rings. The second-order valence-electron chi connectivity index (χ2n) is 7.86. The van der Waals surface area contributed by atoms with Gasteiger partial charge in [-0.05, 0) is 42.7 Å². The summed E-state index contributed by atoms with van der Waals surface area (Å²) in [6.45, 7) is 0. The maximum Gasteiger partial charge on any atom is 0.254 e. The predicted molar refractivity (Wildman–Crippen MR) is 124 cm³/mol. The number of carbonyl (C=O) groups is 1. The fourth-order valence-electron chi connectivity index (χ4n) is 4.07. The Bertz CT molecular complexity index is 1220. The first-order chi connectivity index (χ1) is 15.0. The van der Waals surface area contributed by atoms with Gasteiger partial charge < -0.3 is 15.5 Å². The summed E-state index contributed by atoms with van der Waals surface area (Å²) in [5.41, 5.74) is -0.504. The molecule has 1 aliphatic carbocycles. The van der Waals surface area contributed by atoms with Crippen LogP contribution in [0.4, 0.5) is 0 Å². The predicted octanol–water partition coefficient (Wildman–Crippen LogP) is 4.57. The van der Waals surface area contributed by atoms with E-state index in [0.29, 0.717) is 22.9 Å². The highest BCUT2D eigenvalue weighted by Gasteiger charge is 2.36. The van der Waals surface area contributed by atoms with Crippen LogP contribution in [-0.2, 0) is 21.0 Å². The molecule has 32 heavy (non-hydrogen) atoms. The maximum atomic E-state index is 13.2. The number of phenols is 2. The second-order valence-corrected chi connectivity index (χ2v) is 11.1. The fourth-order valence-corrected chi connectivity index (χ4v) is 6.58. The molecular formula is C22H22BrClN2O5S. The van der Waals surface area contributed by atoms with Crippen molar-refractivity contribution in [1.29, 1.82) is 5.26 Å². The molecule has 0 bridgehead atoms. The van der Waals surface area contributed by atoms with Gasteiger partial charge in [-0.2, -0.15) is 5.26 Å². The number of nitrogens with one attached hydrogen (secondary N) is 1. The highest BCUT2D eigenvalue weighted by atomic mass is 79.9. The molecule has 0 aliphatic heterocycles. The van der Waals surface area contributed by atoms with Gasteiger partial charge in [-0.3, -0.25) is 4.79 Å². The largest absolute Gasteiger partial charge is 0.507 e. The zero-order valence-electron chi connectivity index (χ0n) is 17.3. The number of phenolic OH excluding ortho intramolecular Hbond substituents is 2. The Labute approximate surface area is 200 Å². The van der Waals surface area contributed by atoms with Crippen LogP contribution in [0.1, 0.15) is 53.6 Å². The fraction of sp³-hybridized carbons (Fsp3) is 0.364. The lowest BCUT2D eigenvalue weighted by atomic mass is 9.70. The van der Waals surface area contributed by atoms with E-state index in [0.717, 1.165) is 19.3 Å². The second kappa shape index (κ2) is 9.30. The topological polar surface area (TPSA) is 127 Å². The van der Waals surface area contributed by atoms with Crippen LogP contribution in [0.2, 0.25) is 5.02 Å². The lowest BCUT2D eigenvalue weighted by Gasteiger charge is -2.32. The zero-order chi connectivity index (χ0) is 23.7. The highest BCUT2D eigenvalue weighted by Crippen LogP contribution is 2.42. The molecule has 0 saturated heterocycles. The Morgan fingerprint density at radius 2 is 1.84 bits per heavy atom. The first kappa shape index (κ1) is 24.4. The van der Waals surface area contributed by atoms with E-state index in [2.05, 4.69) is 27.3 Å². The minimum atomic E-state index is -4.17. The van der Waals surface area contributed by atoms with Gasteiger partial charge in [-0.1, -0.05) is 46.8 Å². The zero-order valence-corrected chi connectivity index (χ0v) is 20.4. The van der Waals surface area contributed by atoms with E-state index in [1.165, 1.54) is 31.3 Å². The van der Waals surface area contributed by atoms with Gasteiger partial charge in [-0.25, -0.2) is 8.42 Å². The number of carbonyl (C=O) groups excluding carboxylic acids is 1. The summed E-state index contributed by atoms with van der Waals surface area (Å²) in [7, 11) is -2.78. The molecule has 3 rings (SSSR count). The van der Waals surface area contributed by atoms with Crippen molar-refractivity contribution in [2.24, 2.45) is 0 Å². The number of hydrogen-bond donors (Lipinski definition) is 3. The first-order valence-corrected chi connectivity index (χ1v) is 12.8. The standard InChI is InChI=1S/C22H22BrClN2O5S/c1-26-21(29)16-8-14(22(12-25)5-3-2-4-6-22)7-13(19(16)27)11-32(30,31)18-10-15(23)9-17(24)20(18)28/h7-10,27-28H,2-6,11H2,1H3,(H,26,29). The number of halogens is 2.